The molecule has 1 aliphatic rings. The Balaban J connectivity index is 2.60. The Bertz CT molecular complexity index is 794. The molecule has 0 saturated heterocycles. The van der Waals surface area contributed by atoms with Gasteiger partial charge in [-0.25, -0.2) is 0 Å². The summed E-state index contributed by atoms with van der Waals surface area (Å²) in [6.07, 6.45) is 6.32. The number of hydrogen-bond acceptors (Lipinski definition) is 3. The van der Waals surface area contributed by atoms with Crippen LogP contribution in [0.1, 0.15) is 10.5 Å². The van der Waals surface area contributed by atoms with Gasteiger partial charge in [0, 0.05) is 29.0 Å². The van der Waals surface area contributed by atoms with Crippen molar-refractivity contribution in [2.45, 2.75) is 0 Å². The fourth-order valence-corrected chi connectivity index (χ4v) is 1.99. The molecule has 0 saturated carbocycles. The molecule has 0 bridgehead atoms. The number of carbonyl (C=O) groups is 1. The molecule has 3 nitrogen and oxygen atoms in total. The predicted octanol–water partition coefficient (Wildman–Crippen LogP) is 0.260. The van der Waals surface area contributed by atoms with Crippen LogP contribution in [0.5, 0.6) is 0 Å². The molecule has 0 radical (unpaired) electrons. The summed E-state index contributed by atoms with van der Waals surface area (Å²) in [7, 11) is 0. The number of benzene rings is 1. The number of fused-ring (bicyclic) bond motifs is 2. The summed E-state index contributed by atoms with van der Waals surface area (Å²) in [5, 5.41) is 7.36. The Morgan fingerprint density at radius 3 is 2.76 bits per heavy atom. The number of nitrogens with zero attached hydrogens (tertiary/aromatic N) is 1. The molecule has 1 aromatic carbocycles. The molecule has 0 aliphatic carbocycles. The van der Waals surface area contributed by atoms with Gasteiger partial charge in [0.25, 0.3) is 0 Å². The van der Waals surface area contributed by atoms with Crippen LogP contribution < -0.4 is 15.8 Å². The minimum Gasteiger partial charge on any atom is -0.366 e. The maximum absolute atomic E-state index is 10.7. The highest BCUT2D eigenvalue weighted by Gasteiger charge is 1.96. The summed E-state index contributed by atoms with van der Waals surface area (Å²) < 4.78 is 0. The number of aldehydes is 1. The summed E-state index contributed by atoms with van der Waals surface area (Å²) in [6.45, 7) is 0. The standard InChI is InChI=1S/C14H10N2O/c17-9-12-5-11-7-15-6-10-3-1-2-4-13(10)14(11)8-16-12/h1-9,15H. The van der Waals surface area contributed by atoms with Crippen molar-refractivity contribution < 1.29 is 4.79 Å². The van der Waals surface area contributed by atoms with E-state index in [0.29, 0.717) is 5.69 Å². The lowest BCUT2D eigenvalue weighted by molar-refractivity contribution is 0.111. The van der Waals surface area contributed by atoms with Gasteiger partial charge in [-0.15, -0.1) is 0 Å². The zero-order chi connectivity index (χ0) is 11.7. The van der Waals surface area contributed by atoms with Crippen LogP contribution >= 0.6 is 0 Å². The average Bonchev–Trinajstić information content (AvgIpc) is 2.57. The van der Waals surface area contributed by atoms with Crippen molar-refractivity contribution in [3.8, 4) is 0 Å². The van der Waals surface area contributed by atoms with E-state index < -0.39 is 0 Å². The number of hydrogen-bond donors (Lipinski definition) is 1. The molecule has 0 amide bonds. The highest BCUT2D eigenvalue weighted by Crippen LogP contribution is 1.91. The number of pyridine rings is 1. The molecule has 1 aliphatic heterocycles. The Morgan fingerprint density at radius 2 is 1.88 bits per heavy atom. The van der Waals surface area contributed by atoms with E-state index in [-0.39, 0.29) is 0 Å². The molecular formula is C14H10N2O. The van der Waals surface area contributed by atoms with Crippen LogP contribution in [-0.4, -0.2) is 11.3 Å². The molecule has 1 N–H and O–H groups in total. The number of rotatable bonds is 1. The lowest BCUT2D eigenvalue weighted by atomic mass is 10.2. The van der Waals surface area contributed by atoms with Gasteiger partial charge in [-0.1, -0.05) is 24.3 Å². The third kappa shape index (κ3) is 1.61. The van der Waals surface area contributed by atoms with Gasteiger partial charge in [0.05, 0.1) is 0 Å². The summed E-state index contributed by atoms with van der Waals surface area (Å²) in [4.78, 5) is 14.8. The lowest BCUT2D eigenvalue weighted by Gasteiger charge is -1.92. The first-order valence-electron chi connectivity index (χ1n) is 5.35. The second-order valence-electron chi connectivity index (χ2n) is 3.86. The molecule has 2 aromatic rings. The van der Waals surface area contributed by atoms with Crippen molar-refractivity contribution in [1.82, 2.24) is 10.3 Å². The van der Waals surface area contributed by atoms with E-state index in [1.165, 1.54) is 0 Å². The summed E-state index contributed by atoms with van der Waals surface area (Å²) in [6, 6.07) is 9.86. The molecule has 0 spiro atoms. The third-order valence-electron chi connectivity index (χ3n) is 2.81. The zero-order valence-electron chi connectivity index (χ0n) is 9.05. The fourth-order valence-electron chi connectivity index (χ4n) is 1.99. The molecule has 3 rings (SSSR count). The average molecular weight is 222 g/mol. The SMILES string of the molecule is O=Cc1cc2c(cn1)=c1ccccc1=CNC=2. The first kappa shape index (κ1) is 9.78. The number of carbonyl (C=O) groups excluding carboxylic acids is 1. The first-order chi connectivity index (χ1) is 8.38. The Labute approximate surface area is 97.4 Å². The smallest absolute Gasteiger partial charge is 0.168 e. The molecule has 17 heavy (non-hydrogen) atoms. The van der Waals surface area contributed by atoms with Gasteiger partial charge in [0.15, 0.2) is 6.29 Å². The van der Waals surface area contributed by atoms with Crippen LogP contribution in [0.3, 0.4) is 0 Å². The van der Waals surface area contributed by atoms with Crippen LogP contribution in [0, 0.1) is 10.4 Å². The molecule has 1 aromatic heterocycles. The molecule has 0 fully saturated rings. The van der Waals surface area contributed by atoms with Crippen LogP contribution in [0.25, 0.3) is 12.4 Å². The van der Waals surface area contributed by atoms with Crippen molar-refractivity contribution in [3.63, 3.8) is 0 Å². The van der Waals surface area contributed by atoms with E-state index in [9.17, 15) is 4.79 Å². The van der Waals surface area contributed by atoms with Crippen LogP contribution in [0.2, 0.25) is 0 Å². The van der Waals surface area contributed by atoms with Gasteiger partial charge < -0.3 is 5.32 Å². The van der Waals surface area contributed by atoms with Crippen LogP contribution in [0.15, 0.2) is 36.5 Å². The van der Waals surface area contributed by atoms with Gasteiger partial charge in [0.1, 0.15) is 5.69 Å². The fraction of sp³-hybridized carbons (Fsp3) is 0. The van der Waals surface area contributed by atoms with Crippen molar-refractivity contribution in [2.75, 3.05) is 0 Å². The van der Waals surface area contributed by atoms with Crippen molar-refractivity contribution in [2.24, 2.45) is 0 Å². The highest BCUT2D eigenvalue weighted by atomic mass is 16.1. The molecule has 82 valence electrons. The van der Waals surface area contributed by atoms with Gasteiger partial charge in [-0.05, 0) is 16.5 Å². The van der Waals surface area contributed by atoms with Gasteiger partial charge >= 0.3 is 0 Å². The van der Waals surface area contributed by atoms with E-state index in [4.69, 9.17) is 0 Å². The third-order valence-corrected chi connectivity index (χ3v) is 2.81. The largest absolute Gasteiger partial charge is 0.366 e. The summed E-state index contributed by atoms with van der Waals surface area (Å²) in [5.41, 5.74) is 0.446. The second-order valence-corrected chi connectivity index (χ2v) is 3.86. The van der Waals surface area contributed by atoms with Crippen LogP contribution in [-0.2, 0) is 0 Å². The van der Waals surface area contributed by atoms with Crippen LogP contribution in [0.4, 0.5) is 0 Å². The molecule has 2 heterocycles. The van der Waals surface area contributed by atoms with E-state index >= 15 is 0 Å². The minimum absolute atomic E-state index is 0.446. The Morgan fingerprint density at radius 1 is 1.06 bits per heavy atom. The van der Waals surface area contributed by atoms with Crippen molar-refractivity contribution in [3.05, 3.63) is 63.1 Å². The van der Waals surface area contributed by atoms with Crippen molar-refractivity contribution in [1.29, 1.82) is 0 Å². The Hall–Kier alpha value is -2.42. The number of nitrogens with one attached hydrogen (secondary N) is 1. The molecular weight excluding hydrogens is 212 g/mol. The highest BCUT2D eigenvalue weighted by molar-refractivity contribution is 5.71. The van der Waals surface area contributed by atoms with E-state index in [1.54, 1.807) is 12.3 Å². The lowest BCUT2D eigenvalue weighted by Crippen LogP contribution is -2.10. The first-order valence-corrected chi connectivity index (χ1v) is 5.35. The second kappa shape index (κ2) is 3.87. The van der Waals surface area contributed by atoms with E-state index in [0.717, 1.165) is 27.2 Å². The predicted molar refractivity (Wildman–Crippen MR) is 65.1 cm³/mol. The van der Waals surface area contributed by atoms with Gasteiger partial charge in [-0.3, -0.25) is 9.78 Å². The topological polar surface area (TPSA) is 42.0 Å². The number of aromatic nitrogens is 1. The molecule has 0 atom stereocenters. The molecule has 0 unspecified atom stereocenters. The maximum Gasteiger partial charge on any atom is 0.168 e. The monoisotopic (exact) mass is 222 g/mol. The van der Waals surface area contributed by atoms with E-state index in [1.807, 2.05) is 36.7 Å². The zero-order valence-corrected chi connectivity index (χ0v) is 9.05. The molecule has 3 heteroatoms. The quantitative estimate of drug-likeness (QED) is 0.704. The minimum atomic E-state index is 0.446. The normalized spacial score (nSPS) is 12.0. The van der Waals surface area contributed by atoms with Gasteiger partial charge in [-0.2, -0.15) is 0 Å². The maximum atomic E-state index is 10.7. The Kier molecular flexibility index (Phi) is 2.22. The van der Waals surface area contributed by atoms with Gasteiger partial charge in [0.2, 0.25) is 0 Å². The van der Waals surface area contributed by atoms with Crippen molar-refractivity contribution >= 4 is 18.7 Å². The summed E-state index contributed by atoms with van der Waals surface area (Å²) in [5.74, 6) is 0. The van der Waals surface area contributed by atoms with E-state index in [2.05, 4.69) is 10.3 Å². The summed E-state index contributed by atoms with van der Waals surface area (Å²) >= 11 is 0.